The summed E-state index contributed by atoms with van der Waals surface area (Å²) in [4.78, 5) is 0. The first-order valence-electron chi connectivity index (χ1n) is 5.66. The Morgan fingerprint density at radius 2 is 2.07 bits per heavy atom. The van der Waals surface area contributed by atoms with Crippen molar-refractivity contribution < 1.29 is 0 Å². The van der Waals surface area contributed by atoms with Gasteiger partial charge in [0, 0.05) is 6.20 Å². The Balaban J connectivity index is 2.13. The zero-order valence-electron chi connectivity index (χ0n) is 9.40. The Labute approximate surface area is 90.7 Å². The van der Waals surface area contributed by atoms with Crippen LogP contribution in [0.3, 0.4) is 0 Å². The lowest BCUT2D eigenvalue weighted by Crippen LogP contribution is -2.17. The van der Waals surface area contributed by atoms with E-state index in [2.05, 4.69) is 18.1 Å². The molecule has 0 spiro atoms. The predicted molar refractivity (Wildman–Crippen MR) is 58.3 cm³/mol. The van der Waals surface area contributed by atoms with Gasteiger partial charge < -0.3 is 0 Å². The molecule has 1 aliphatic rings. The third-order valence-corrected chi connectivity index (χ3v) is 3.40. The van der Waals surface area contributed by atoms with Gasteiger partial charge >= 0.3 is 0 Å². The van der Waals surface area contributed by atoms with Crippen molar-refractivity contribution in [3.05, 3.63) is 17.5 Å². The first-order valence-corrected chi connectivity index (χ1v) is 5.66. The second-order valence-electron chi connectivity index (χ2n) is 4.63. The van der Waals surface area contributed by atoms with E-state index in [1.165, 1.54) is 25.7 Å². The fourth-order valence-electron chi connectivity index (χ4n) is 2.29. The molecule has 0 radical (unpaired) electrons. The van der Waals surface area contributed by atoms with Gasteiger partial charge in [-0.3, -0.25) is 4.68 Å². The van der Waals surface area contributed by atoms with Crippen LogP contribution in [0.25, 0.3) is 0 Å². The number of rotatable bonds is 1. The van der Waals surface area contributed by atoms with E-state index in [9.17, 15) is 0 Å². The van der Waals surface area contributed by atoms with Crippen LogP contribution >= 0.6 is 0 Å². The van der Waals surface area contributed by atoms with Crippen LogP contribution < -0.4 is 0 Å². The van der Waals surface area contributed by atoms with E-state index in [0.717, 1.165) is 11.6 Å². The molecule has 1 aliphatic carbocycles. The maximum atomic E-state index is 8.87. The minimum absolute atomic E-state index is 0.516. The molecule has 0 amide bonds. The SMILES string of the molecule is Cc1nn(C2CCC(C)CC2)cc1C#N. The van der Waals surface area contributed by atoms with Crippen LogP contribution in [0.1, 0.15) is 49.9 Å². The zero-order chi connectivity index (χ0) is 10.8. The van der Waals surface area contributed by atoms with E-state index in [1.54, 1.807) is 0 Å². The highest BCUT2D eigenvalue weighted by molar-refractivity contribution is 5.29. The average Bonchev–Trinajstić information content (AvgIpc) is 2.61. The van der Waals surface area contributed by atoms with Crippen LogP contribution in [0.2, 0.25) is 0 Å². The standard InChI is InChI=1S/C12H17N3/c1-9-3-5-12(6-4-9)15-8-11(7-13)10(2)14-15/h8-9,12H,3-6H2,1-2H3. The summed E-state index contributed by atoms with van der Waals surface area (Å²) >= 11 is 0. The second-order valence-corrected chi connectivity index (χ2v) is 4.63. The molecule has 3 nitrogen and oxygen atoms in total. The minimum Gasteiger partial charge on any atom is -0.268 e. The van der Waals surface area contributed by atoms with Gasteiger partial charge in [-0.05, 0) is 38.5 Å². The Morgan fingerprint density at radius 1 is 1.40 bits per heavy atom. The molecule has 0 aliphatic heterocycles. The van der Waals surface area contributed by atoms with Crippen molar-refractivity contribution in [2.45, 2.75) is 45.6 Å². The number of aromatic nitrogens is 2. The molecule has 3 heteroatoms. The molecule has 15 heavy (non-hydrogen) atoms. The highest BCUT2D eigenvalue weighted by atomic mass is 15.3. The van der Waals surface area contributed by atoms with Crippen molar-refractivity contribution in [1.82, 2.24) is 9.78 Å². The monoisotopic (exact) mass is 203 g/mol. The summed E-state index contributed by atoms with van der Waals surface area (Å²) in [5.74, 6) is 0.855. The Kier molecular flexibility index (Phi) is 2.77. The summed E-state index contributed by atoms with van der Waals surface area (Å²) in [6.45, 7) is 4.21. The number of aryl methyl sites for hydroxylation is 1. The van der Waals surface area contributed by atoms with E-state index < -0.39 is 0 Å². The molecule has 1 saturated carbocycles. The van der Waals surface area contributed by atoms with Crippen LogP contribution in [0.5, 0.6) is 0 Å². The van der Waals surface area contributed by atoms with Crippen LogP contribution in [0.15, 0.2) is 6.20 Å². The highest BCUT2D eigenvalue weighted by Gasteiger charge is 2.20. The first-order chi connectivity index (χ1) is 7.20. The number of hydrogen-bond acceptors (Lipinski definition) is 2. The van der Waals surface area contributed by atoms with E-state index >= 15 is 0 Å². The Bertz CT molecular complexity index is 378. The van der Waals surface area contributed by atoms with Gasteiger partial charge in [-0.2, -0.15) is 10.4 Å². The lowest BCUT2D eigenvalue weighted by molar-refractivity contribution is 0.273. The summed E-state index contributed by atoms with van der Waals surface area (Å²) in [7, 11) is 0. The smallest absolute Gasteiger partial charge is 0.103 e. The number of hydrogen-bond donors (Lipinski definition) is 0. The van der Waals surface area contributed by atoms with Crippen molar-refractivity contribution in [3.8, 4) is 6.07 Å². The third kappa shape index (κ3) is 2.04. The first kappa shape index (κ1) is 10.2. The third-order valence-electron chi connectivity index (χ3n) is 3.40. The molecule has 0 bridgehead atoms. The maximum absolute atomic E-state index is 8.87. The molecule has 0 saturated heterocycles. The normalized spacial score (nSPS) is 26.2. The molecule has 0 unspecified atom stereocenters. The van der Waals surface area contributed by atoms with Crippen molar-refractivity contribution in [2.75, 3.05) is 0 Å². The molecule has 2 rings (SSSR count). The molecule has 0 atom stereocenters. The summed E-state index contributed by atoms with van der Waals surface area (Å²) in [5.41, 5.74) is 1.57. The molecule has 0 aromatic carbocycles. The van der Waals surface area contributed by atoms with Gasteiger partial charge in [0.25, 0.3) is 0 Å². The van der Waals surface area contributed by atoms with Crippen molar-refractivity contribution >= 4 is 0 Å². The fraction of sp³-hybridized carbons (Fsp3) is 0.667. The van der Waals surface area contributed by atoms with E-state index in [-0.39, 0.29) is 0 Å². The average molecular weight is 203 g/mol. The lowest BCUT2D eigenvalue weighted by atomic mass is 9.87. The quantitative estimate of drug-likeness (QED) is 0.704. The van der Waals surface area contributed by atoms with Gasteiger partial charge in [-0.1, -0.05) is 6.92 Å². The van der Waals surface area contributed by atoms with Crippen molar-refractivity contribution in [3.63, 3.8) is 0 Å². The zero-order valence-corrected chi connectivity index (χ0v) is 9.40. The Hall–Kier alpha value is -1.30. The van der Waals surface area contributed by atoms with Gasteiger partial charge in [0.2, 0.25) is 0 Å². The topological polar surface area (TPSA) is 41.6 Å². The summed E-state index contributed by atoms with van der Waals surface area (Å²) in [6.07, 6.45) is 6.87. The minimum atomic E-state index is 0.516. The summed E-state index contributed by atoms with van der Waals surface area (Å²) in [5, 5.41) is 13.3. The van der Waals surface area contributed by atoms with Gasteiger partial charge in [0.1, 0.15) is 6.07 Å². The fourth-order valence-corrected chi connectivity index (χ4v) is 2.29. The van der Waals surface area contributed by atoms with E-state index in [4.69, 9.17) is 5.26 Å². The number of nitriles is 1. The van der Waals surface area contributed by atoms with Crippen LogP contribution in [0.4, 0.5) is 0 Å². The van der Waals surface area contributed by atoms with Gasteiger partial charge in [-0.25, -0.2) is 0 Å². The molecule has 80 valence electrons. The Morgan fingerprint density at radius 3 is 2.60 bits per heavy atom. The number of nitrogens with zero attached hydrogens (tertiary/aromatic N) is 3. The van der Waals surface area contributed by atoms with E-state index in [0.29, 0.717) is 11.6 Å². The van der Waals surface area contributed by atoms with Gasteiger partial charge in [0.15, 0.2) is 0 Å². The van der Waals surface area contributed by atoms with Crippen LogP contribution in [-0.2, 0) is 0 Å². The van der Waals surface area contributed by atoms with Crippen molar-refractivity contribution in [1.29, 1.82) is 5.26 Å². The summed E-state index contributed by atoms with van der Waals surface area (Å²) in [6, 6.07) is 2.70. The second kappa shape index (κ2) is 4.06. The highest BCUT2D eigenvalue weighted by Crippen LogP contribution is 2.31. The molecule has 1 aromatic rings. The molecular formula is C12H17N3. The predicted octanol–water partition coefficient (Wildman–Crippen LogP) is 2.81. The largest absolute Gasteiger partial charge is 0.268 e. The van der Waals surface area contributed by atoms with Gasteiger partial charge in [0.05, 0.1) is 17.3 Å². The van der Waals surface area contributed by atoms with Crippen LogP contribution in [-0.4, -0.2) is 9.78 Å². The maximum Gasteiger partial charge on any atom is 0.103 e. The van der Waals surface area contributed by atoms with Crippen LogP contribution in [0, 0.1) is 24.2 Å². The lowest BCUT2D eigenvalue weighted by Gasteiger charge is -2.26. The molecule has 1 heterocycles. The van der Waals surface area contributed by atoms with Crippen molar-refractivity contribution in [2.24, 2.45) is 5.92 Å². The molecule has 1 aromatic heterocycles. The molecular weight excluding hydrogens is 186 g/mol. The summed E-state index contributed by atoms with van der Waals surface area (Å²) < 4.78 is 2.00. The van der Waals surface area contributed by atoms with E-state index in [1.807, 2.05) is 17.8 Å². The van der Waals surface area contributed by atoms with Gasteiger partial charge in [-0.15, -0.1) is 0 Å². The molecule has 0 N–H and O–H groups in total. The molecule has 1 fully saturated rings.